The fourth-order valence-corrected chi connectivity index (χ4v) is 2.99. The first-order valence-electron chi connectivity index (χ1n) is 6.96. The molecule has 0 saturated heterocycles. The fraction of sp³-hybridized carbons (Fsp3) is 0.0526. The van der Waals surface area contributed by atoms with Gasteiger partial charge in [-0.1, -0.05) is 60.7 Å². The summed E-state index contributed by atoms with van der Waals surface area (Å²) in [4.78, 5) is 0. The van der Waals surface area contributed by atoms with Gasteiger partial charge >= 0.3 is 0 Å². The van der Waals surface area contributed by atoms with Crippen LogP contribution >= 0.6 is 0 Å². The Morgan fingerprint density at radius 3 is 2.50 bits per heavy atom. The summed E-state index contributed by atoms with van der Waals surface area (Å²) >= 11 is 0. The number of para-hydroxylation sites is 2. The summed E-state index contributed by atoms with van der Waals surface area (Å²) in [6.07, 6.45) is 9.67. The van der Waals surface area contributed by atoms with Crippen molar-refractivity contribution in [3.8, 4) is 5.69 Å². The molecule has 1 aromatic heterocycles. The van der Waals surface area contributed by atoms with E-state index in [1.807, 2.05) is 0 Å². The molecular formula is C19H15N. The third-order valence-electron chi connectivity index (χ3n) is 3.85. The molecule has 0 radical (unpaired) electrons. The summed E-state index contributed by atoms with van der Waals surface area (Å²) in [7, 11) is 0. The van der Waals surface area contributed by atoms with Gasteiger partial charge in [0.05, 0.1) is 5.52 Å². The average molecular weight is 257 g/mol. The Labute approximate surface area is 118 Å². The number of hydrogen-bond acceptors (Lipinski definition) is 0. The van der Waals surface area contributed by atoms with Gasteiger partial charge in [-0.05, 0) is 18.2 Å². The van der Waals surface area contributed by atoms with Crippen molar-refractivity contribution < 1.29 is 0 Å². The second-order valence-corrected chi connectivity index (χ2v) is 5.04. The number of hydrogen-bond donors (Lipinski definition) is 0. The molecule has 0 amide bonds. The maximum absolute atomic E-state index is 2.38. The van der Waals surface area contributed by atoms with Crippen molar-refractivity contribution in [3.05, 3.63) is 84.1 Å². The molecular weight excluding hydrogens is 242 g/mol. The van der Waals surface area contributed by atoms with Crippen LogP contribution in [0.1, 0.15) is 11.3 Å². The maximum Gasteiger partial charge on any atom is 0.0537 e. The maximum atomic E-state index is 2.38. The third-order valence-corrected chi connectivity index (χ3v) is 3.85. The molecule has 4 rings (SSSR count). The van der Waals surface area contributed by atoms with Gasteiger partial charge in [-0.25, -0.2) is 0 Å². The van der Waals surface area contributed by atoms with Gasteiger partial charge in [0.1, 0.15) is 0 Å². The summed E-state index contributed by atoms with van der Waals surface area (Å²) in [6, 6.07) is 19.2. The molecule has 0 unspecified atom stereocenters. The van der Waals surface area contributed by atoms with Gasteiger partial charge in [0, 0.05) is 28.8 Å². The SMILES string of the molecule is C1=CCc2c(c3ccccc3n2-c2ccccc2)C=C1. The van der Waals surface area contributed by atoms with Gasteiger partial charge in [-0.15, -0.1) is 0 Å². The average Bonchev–Trinajstić information content (AvgIpc) is 2.65. The van der Waals surface area contributed by atoms with Crippen LogP contribution in [0.5, 0.6) is 0 Å². The Hall–Kier alpha value is -2.54. The third kappa shape index (κ3) is 1.64. The highest BCUT2D eigenvalue weighted by atomic mass is 15.0. The monoisotopic (exact) mass is 257 g/mol. The Morgan fingerprint density at radius 1 is 0.800 bits per heavy atom. The Morgan fingerprint density at radius 2 is 1.60 bits per heavy atom. The normalized spacial score (nSPS) is 13.4. The van der Waals surface area contributed by atoms with Gasteiger partial charge in [0.2, 0.25) is 0 Å². The number of aromatic nitrogens is 1. The molecule has 0 aliphatic heterocycles. The molecule has 2 aromatic carbocycles. The van der Waals surface area contributed by atoms with E-state index >= 15 is 0 Å². The highest BCUT2D eigenvalue weighted by Gasteiger charge is 2.15. The minimum Gasteiger partial charge on any atom is -0.313 e. The Bertz CT molecular complexity index is 820. The van der Waals surface area contributed by atoms with Crippen molar-refractivity contribution in [3.63, 3.8) is 0 Å². The van der Waals surface area contributed by atoms with Crippen molar-refractivity contribution in [2.24, 2.45) is 0 Å². The summed E-state index contributed by atoms with van der Waals surface area (Å²) in [6.45, 7) is 0. The molecule has 1 aliphatic rings. The lowest BCUT2D eigenvalue weighted by atomic mass is 10.1. The largest absolute Gasteiger partial charge is 0.313 e. The fourth-order valence-electron chi connectivity index (χ4n) is 2.99. The highest BCUT2D eigenvalue weighted by molar-refractivity contribution is 5.93. The quantitative estimate of drug-likeness (QED) is 0.592. The smallest absolute Gasteiger partial charge is 0.0537 e. The zero-order chi connectivity index (χ0) is 13.4. The van der Waals surface area contributed by atoms with Gasteiger partial charge < -0.3 is 4.57 Å². The topological polar surface area (TPSA) is 4.93 Å². The van der Waals surface area contributed by atoms with Crippen molar-refractivity contribution in [2.75, 3.05) is 0 Å². The van der Waals surface area contributed by atoms with E-state index in [4.69, 9.17) is 0 Å². The van der Waals surface area contributed by atoms with Crippen molar-refractivity contribution in [1.82, 2.24) is 4.57 Å². The summed E-state index contributed by atoms with van der Waals surface area (Å²) < 4.78 is 2.38. The minimum atomic E-state index is 0.964. The summed E-state index contributed by atoms with van der Waals surface area (Å²) in [5.74, 6) is 0. The van der Waals surface area contributed by atoms with Crippen LogP contribution in [0.3, 0.4) is 0 Å². The van der Waals surface area contributed by atoms with E-state index in [1.165, 1.54) is 27.8 Å². The lowest BCUT2D eigenvalue weighted by molar-refractivity contribution is 1.00. The van der Waals surface area contributed by atoms with Crippen LogP contribution in [0.25, 0.3) is 22.7 Å². The zero-order valence-corrected chi connectivity index (χ0v) is 11.2. The van der Waals surface area contributed by atoms with E-state index in [0.717, 1.165) is 6.42 Å². The van der Waals surface area contributed by atoms with E-state index in [-0.39, 0.29) is 0 Å². The number of allylic oxidation sites excluding steroid dienone is 3. The van der Waals surface area contributed by atoms with Gasteiger partial charge in [0.25, 0.3) is 0 Å². The van der Waals surface area contributed by atoms with E-state index in [9.17, 15) is 0 Å². The minimum absolute atomic E-state index is 0.964. The van der Waals surface area contributed by atoms with Crippen LogP contribution in [0.2, 0.25) is 0 Å². The van der Waals surface area contributed by atoms with Crippen LogP contribution in [0.15, 0.2) is 72.8 Å². The van der Waals surface area contributed by atoms with Gasteiger partial charge in [-0.3, -0.25) is 0 Å². The number of rotatable bonds is 1. The second kappa shape index (κ2) is 4.53. The van der Waals surface area contributed by atoms with Crippen molar-refractivity contribution in [1.29, 1.82) is 0 Å². The van der Waals surface area contributed by atoms with Gasteiger partial charge in [0.15, 0.2) is 0 Å². The van der Waals surface area contributed by atoms with E-state index in [1.54, 1.807) is 0 Å². The lowest BCUT2D eigenvalue weighted by Gasteiger charge is -2.10. The molecule has 0 bridgehead atoms. The first-order valence-corrected chi connectivity index (χ1v) is 6.96. The predicted octanol–water partition coefficient (Wildman–Crippen LogP) is 4.76. The standard InChI is InChI=1S/C19H15N/c1-3-9-15(10-4-1)20-18-13-6-2-5-11-16(18)17-12-7-8-14-19(17)20/h1-12,14H,13H2. The number of fused-ring (bicyclic) bond motifs is 3. The number of benzene rings is 2. The number of nitrogens with zero attached hydrogens (tertiary/aromatic N) is 1. The second-order valence-electron chi connectivity index (χ2n) is 5.04. The Balaban J connectivity index is 2.12. The summed E-state index contributed by atoms with van der Waals surface area (Å²) in [5, 5.41) is 1.33. The van der Waals surface area contributed by atoms with Crippen molar-refractivity contribution >= 4 is 17.0 Å². The predicted molar refractivity (Wildman–Crippen MR) is 85.2 cm³/mol. The van der Waals surface area contributed by atoms with E-state index < -0.39 is 0 Å². The summed E-state index contributed by atoms with van der Waals surface area (Å²) in [5.41, 5.74) is 5.22. The molecule has 0 saturated carbocycles. The molecule has 1 heterocycles. The molecule has 3 aromatic rings. The first-order chi connectivity index (χ1) is 9.95. The molecule has 0 spiro atoms. The molecule has 1 aliphatic carbocycles. The van der Waals surface area contributed by atoms with Crippen LogP contribution in [-0.2, 0) is 6.42 Å². The van der Waals surface area contributed by atoms with Crippen molar-refractivity contribution in [2.45, 2.75) is 6.42 Å². The van der Waals surface area contributed by atoms with E-state index in [0.29, 0.717) is 0 Å². The Kier molecular flexibility index (Phi) is 2.56. The molecule has 0 N–H and O–H groups in total. The lowest BCUT2D eigenvalue weighted by Crippen LogP contribution is -1.99. The molecule has 1 nitrogen and oxygen atoms in total. The highest BCUT2D eigenvalue weighted by Crippen LogP contribution is 2.32. The van der Waals surface area contributed by atoms with Crippen LogP contribution in [0.4, 0.5) is 0 Å². The molecule has 0 atom stereocenters. The molecule has 20 heavy (non-hydrogen) atoms. The zero-order valence-electron chi connectivity index (χ0n) is 11.2. The first kappa shape index (κ1) is 11.3. The van der Waals surface area contributed by atoms with Crippen LogP contribution in [0, 0.1) is 0 Å². The van der Waals surface area contributed by atoms with Gasteiger partial charge in [-0.2, -0.15) is 0 Å². The molecule has 0 fully saturated rings. The van der Waals surface area contributed by atoms with Crippen LogP contribution in [-0.4, -0.2) is 4.57 Å². The molecule has 96 valence electrons. The van der Waals surface area contributed by atoms with Crippen LogP contribution < -0.4 is 0 Å². The van der Waals surface area contributed by atoms with E-state index in [2.05, 4.69) is 83.5 Å². The molecule has 1 heteroatoms.